The summed E-state index contributed by atoms with van der Waals surface area (Å²) >= 11 is 0. The van der Waals surface area contributed by atoms with E-state index < -0.39 is 6.10 Å². The van der Waals surface area contributed by atoms with Crippen LogP contribution < -0.4 is 0 Å². The molecule has 0 aliphatic heterocycles. The van der Waals surface area contributed by atoms with Gasteiger partial charge in [-0.2, -0.15) is 0 Å². The fourth-order valence-corrected chi connectivity index (χ4v) is 10.6. The maximum Gasteiger partial charge on any atom is 0.306 e. The van der Waals surface area contributed by atoms with Crippen LogP contribution in [0.4, 0.5) is 0 Å². The largest absolute Gasteiger partial charge is 0.462 e. The molecular formula is C73H134O6. The lowest BCUT2D eigenvalue weighted by molar-refractivity contribution is -0.167. The average molecular weight is 1110 g/mol. The predicted octanol–water partition coefficient (Wildman–Crippen LogP) is 24.1. The van der Waals surface area contributed by atoms with Crippen molar-refractivity contribution in [1.29, 1.82) is 0 Å². The Labute approximate surface area is 492 Å². The molecule has 0 saturated carbocycles. The van der Waals surface area contributed by atoms with Gasteiger partial charge in [0.25, 0.3) is 0 Å². The van der Waals surface area contributed by atoms with Crippen LogP contribution in [0.5, 0.6) is 0 Å². The molecule has 0 spiro atoms. The molecule has 0 heterocycles. The molecule has 0 rings (SSSR count). The molecule has 79 heavy (non-hydrogen) atoms. The molecule has 0 aliphatic rings. The third-order valence-electron chi connectivity index (χ3n) is 15.8. The number of esters is 3. The minimum atomic E-state index is -0.768. The van der Waals surface area contributed by atoms with E-state index in [0.29, 0.717) is 19.3 Å². The monoisotopic (exact) mass is 1110 g/mol. The van der Waals surface area contributed by atoms with E-state index in [1.165, 1.54) is 257 Å². The average Bonchev–Trinajstić information content (AvgIpc) is 3.45. The Balaban J connectivity index is 4.17. The normalized spacial score (nSPS) is 12.3. The summed E-state index contributed by atoms with van der Waals surface area (Å²) in [7, 11) is 0. The van der Waals surface area contributed by atoms with Crippen molar-refractivity contribution in [3.8, 4) is 0 Å². The molecule has 0 radical (unpaired) electrons. The molecule has 1 unspecified atom stereocenters. The van der Waals surface area contributed by atoms with Gasteiger partial charge >= 0.3 is 17.9 Å². The molecule has 462 valence electrons. The summed E-state index contributed by atoms with van der Waals surface area (Å²) in [5.74, 6) is -0.836. The molecule has 0 aromatic rings. The second-order valence-corrected chi connectivity index (χ2v) is 23.8. The van der Waals surface area contributed by atoms with Crippen LogP contribution in [-0.2, 0) is 28.6 Å². The van der Waals surface area contributed by atoms with Gasteiger partial charge in [0.05, 0.1) is 0 Å². The Hall–Kier alpha value is -2.63. The van der Waals surface area contributed by atoms with Gasteiger partial charge in [0.15, 0.2) is 6.10 Å². The van der Waals surface area contributed by atoms with E-state index in [1.807, 2.05) is 0 Å². The molecule has 0 N–H and O–H groups in total. The number of hydrogen-bond acceptors (Lipinski definition) is 6. The van der Waals surface area contributed by atoms with Crippen LogP contribution >= 0.6 is 0 Å². The van der Waals surface area contributed by atoms with Crippen LogP contribution in [0.15, 0.2) is 48.6 Å². The Kier molecular flexibility index (Phi) is 65.6. The van der Waals surface area contributed by atoms with Gasteiger partial charge in [0.1, 0.15) is 13.2 Å². The quantitative estimate of drug-likeness (QED) is 0.0261. The second-order valence-electron chi connectivity index (χ2n) is 23.8. The van der Waals surface area contributed by atoms with Crippen molar-refractivity contribution >= 4 is 17.9 Å². The van der Waals surface area contributed by atoms with E-state index in [4.69, 9.17) is 14.2 Å². The predicted molar refractivity (Wildman–Crippen MR) is 344 cm³/mol. The van der Waals surface area contributed by atoms with E-state index in [0.717, 1.165) is 83.5 Å². The van der Waals surface area contributed by atoms with Gasteiger partial charge < -0.3 is 14.2 Å². The fraction of sp³-hybridized carbons (Fsp3) is 0.849. The molecule has 0 fully saturated rings. The highest BCUT2D eigenvalue weighted by molar-refractivity contribution is 5.71. The van der Waals surface area contributed by atoms with Crippen molar-refractivity contribution in [3.05, 3.63) is 48.6 Å². The van der Waals surface area contributed by atoms with Gasteiger partial charge in [0, 0.05) is 19.3 Å². The Morgan fingerprint density at radius 2 is 0.494 bits per heavy atom. The number of carbonyl (C=O) groups excluding carboxylic acids is 3. The first-order chi connectivity index (χ1) is 39.0. The van der Waals surface area contributed by atoms with E-state index in [2.05, 4.69) is 69.4 Å². The molecule has 6 nitrogen and oxygen atoms in total. The zero-order chi connectivity index (χ0) is 57.1. The van der Waals surface area contributed by atoms with Crippen LogP contribution in [0.1, 0.15) is 380 Å². The summed E-state index contributed by atoms with van der Waals surface area (Å²) in [6.45, 7) is 6.60. The lowest BCUT2D eigenvalue weighted by atomic mass is 10.0. The zero-order valence-corrected chi connectivity index (χ0v) is 53.2. The number of hydrogen-bond donors (Lipinski definition) is 0. The van der Waals surface area contributed by atoms with Crippen molar-refractivity contribution in [3.63, 3.8) is 0 Å². The first kappa shape index (κ1) is 76.4. The smallest absolute Gasteiger partial charge is 0.306 e. The molecule has 0 aromatic carbocycles. The third kappa shape index (κ3) is 66.1. The molecule has 6 heteroatoms. The van der Waals surface area contributed by atoms with E-state index in [-0.39, 0.29) is 31.1 Å². The van der Waals surface area contributed by atoms with Gasteiger partial charge in [-0.1, -0.05) is 352 Å². The molecule has 0 amide bonds. The van der Waals surface area contributed by atoms with Gasteiger partial charge in [-0.25, -0.2) is 0 Å². The van der Waals surface area contributed by atoms with Crippen LogP contribution in [0, 0.1) is 0 Å². The number of unbranched alkanes of at least 4 members (excludes halogenated alkanes) is 46. The molecule has 0 bridgehead atoms. The van der Waals surface area contributed by atoms with Crippen molar-refractivity contribution in [1.82, 2.24) is 0 Å². The highest BCUT2D eigenvalue weighted by Gasteiger charge is 2.19. The first-order valence-electron chi connectivity index (χ1n) is 35.1. The molecular weight excluding hydrogens is 973 g/mol. The van der Waals surface area contributed by atoms with Crippen molar-refractivity contribution in [2.45, 2.75) is 386 Å². The van der Waals surface area contributed by atoms with E-state index >= 15 is 0 Å². The number of rotatable bonds is 65. The van der Waals surface area contributed by atoms with Crippen LogP contribution in [0.25, 0.3) is 0 Å². The van der Waals surface area contributed by atoms with Crippen LogP contribution in [0.3, 0.4) is 0 Å². The van der Waals surface area contributed by atoms with Crippen molar-refractivity contribution in [2.75, 3.05) is 13.2 Å². The minimum absolute atomic E-state index is 0.0655. The molecule has 1 atom stereocenters. The lowest BCUT2D eigenvalue weighted by Gasteiger charge is -2.18. The van der Waals surface area contributed by atoms with Crippen LogP contribution in [0.2, 0.25) is 0 Å². The fourth-order valence-electron chi connectivity index (χ4n) is 10.6. The van der Waals surface area contributed by atoms with Crippen molar-refractivity contribution < 1.29 is 28.6 Å². The SMILES string of the molecule is CC/C=C\C/C=C\C/C=C\C/C=C\CCCCCCCCCCCCCCCCCCC(=O)OCC(COC(=O)CCCCCCCCCCCCCC)OC(=O)CCCCCCCCCCCCCCCCCCCCCC. The van der Waals surface area contributed by atoms with E-state index in [9.17, 15) is 14.4 Å². The van der Waals surface area contributed by atoms with Crippen LogP contribution in [-0.4, -0.2) is 37.2 Å². The maximum atomic E-state index is 12.9. The van der Waals surface area contributed by atoms with Gasteiger partial charge in [0.2, 0.25) is 0 Å². The minimum Gasteiger partial charge on any atom is -0.462 e. The lowest BCUT2D eigenvalue weighted by Crippen LogP contribution is -2.30. The standard InChI is InChI=1S/C73H134O6/c1-4-7-10-13-16-19-22-25-27-29-31-33-34-35-36-37-38-39-40-41-43-44-46-48-51-54-57-60-63-66-72(75)78-69-70(68-77-71(74)65-62-59-56-53-50-24-21-18-15-12-9-6-3)79-73(76)67-64-61-58-55-52-49-47-45-42-32-30-28-26-23-20-17-14-11-8-5-2/h7,10,16,19,25,27,31,33,70H,4-6,8-9,11-15,17-18,20-24,26,28-30,32,34-69H2,1-3H3/b10-7-,19-16-,27-25-,33-31-. The maximum absolute atomic E-state index is 12.9. The van der Waals surface area contributed by atoms with Gasteiger partial charge in [-0.05, 0) is 57.8 Å². The van der Waals surface area contributed by atoms with E-state index in [1.54, 1.807) is 0 Å². The molecule has 0 saturated heterocycles. The Morgan fingerprint density at radius 1 is 0.266 bits per heavy atom. The molecule has 0 aromatic heterocycles. The number of allylic oxidation sites excluding steroid dienone is 8. The number of carbonyl (C=O) groups is 3. The summed E-state index contributed by atoms with van der Waals surface area (Å²) in [6.07, 6.45) is 85.7. The Bertz CT molecular complexity index is 1360. The zero-order valence-electron chi connectivity index (χ0n) is 53.2. The molecule has 0 aliphatic carbocycles. The topological polar surface area (TPSA) is 78.9 Å². The highest BCUT2D eigenvalue weighted by Crippen LogP contribution is 2.19. The second kappa shape index (κ2) is 67.9. The Morgan fingerprint density at radius 3 is 0.772 bits per heavy atom. The van der Waals surface area contributed by atoms with Gasteiger partial charge in [-0.15, -0.1) is 0 Å². The highest BCUT2D eigenvalue weighted by atomic mass is 16.6. The van der Waals surface area contributed by atoms with Crippen molar-refractivity contribution in [2.24, 2.45) is 0 Å². The number of ether oxygens (including phenoxy) is 3. The summed E-state index contributed by atoms with van der Waals surface area (Å²) in [4.78, 5) is 38.4. The van der Waals surface area contributed by atoms with Gasteiger partial charge in [-0.3, -0.25) is 14.4 Å². The summed E-state index contributed by atoms with van der Waals surface area (Å²) in [5.41, 5.74) is 0. The summed E-state index contributed by atoms with van der Waals surface area (Å²) in [6, 6.07) is 0. The first-order valence-corrected chi connectivity index (χ1v) is 35.1. The summed E-state index contributed by atoms with van der Waals surface area (Å²) < 4.78 is 17.0. The third-order valence-corrected chi connectivity index (χ3v) is 15.8. The summed E-state index contributed by atoms with van der Waals surface area (Å²) in [5, 5.41) is 0.